The summed E-state index contributed by atoms with van der Waals surface area (Å²) in [6.45, 7) is 4.43. The molecule has 7 heteroatoms. The quantitative estimate of drug-likeness (QED) is 0.463. The van der Waals surface area contributed by atoms with E-state index in [2.05, 4.69) is 5.32 Å². The van der Waals surface area contributed by atoms with Crippen molar-refractivity contribution in [1.29, 1.82) is 0 Å². The van der Waals surface area contributed by atoms with Gasteiger partial charge in [0.2, 0.25) is 5.91 Å². The van der Waals surface area contributed by atoms with Crippen LogP contribution in [0.3, 0.4) is 0 Å². The van der Waals surface area contributed by atoms with Gasteiger partial charge in [-0.05, 0) is 19.8 Å². The Morgan fingerprint density at radius 1 is 1.22 bits per heavy atom. The largest absolute Gasteiger partial charge is 1.00 e. The predicted molar refractivity (Wildman–Crippen MR) is 57.8 cm³/mol. The van der Waals surface area contributed by atoms with Gasteiger partial charge in [-0.2, -0.15) is 0 Å². The van der Waals surface area contributed by atoms with Gasteiger partial charge in [-0.1, -0.05) is 6.92 Å². The summed E-state index contributed by atoms with van der Waals surface area (Å²) in [4.78, 5) is 32.3. The van der Waals surface area contributed by atoms with Crippen molar-refractivity contribution >= 4 is 17.8 Å². The van der Waals surface area contributed by atoms with E-state index in [4.69, 9.17) is 5.11 Å². The van der Waals surface area contributed by atoms with Crippen molar-refractivity contribution in [3.63, 3.8) is 0 Å². The standard InChI is InChI=1S/C11H19NO5.Na/c1-6(12-8(3)13)4-5-9(11(16)17)7(2)10(14)15;/h6-7,9H,4-5H2,1-3H3,(H,12,13)(H,14,15)(H,16,17);/q;+1/p-1. The van der Waals surface area contributed by atoms with Gasteiger partial charge < -0.3 is 20.3 Å². The van der Waals surface area contributed by atoms with E-state index in [1.165, 1.54) is 13.8 Å². The number of amides is 1. The van der Waals surface area contributed by atoms with E-state index < -0.39 is 23.8 Å². The summed E-state index contributed by atoms with van der Waals surface area (Å²) in [6, 6.07) is -0.177. The van der Waals surface area contributed by atoms with Crippen LogP contribution in [0.15, 0.2) is 0 Å². The smallest absolute Gasteiger partial charge is 0.550 e. The monoisotopic (exact) mass is 267 g/mol. The van der Waals surface area contributed by atoms with Crippen molar-refractivity contribution in [3.8, 4) is 0 Å². The van der Waals surface area contributed by atoms with E-state index in [1.807, 2.05) is 0 Å². The van der Waals surface area contributed by atoms with Crippen molar-refractivity contribution in [2.45, 2.75) is 39.7 Å². The first kappa shape index (κ1) is 19.7. The molecule has 2 N–H and O–H groups in total. The van der Waals surface area contributed by atoms with Crippen LogP contribution in [0.1, 0.15) is 33.6 Å². The van der Waals surface area contributed by atoms with E-state index in [0.717, 1.165) is 0 Å². The number of aliphatic carboxylic acids is 2. The molecule has 0 saturated carbocycles. The van der Waals surface area contributed by atoms with Crippen molar-refractivity contribution in [2.75, 3.05) is 0 Å². The van der Waals surface area contributed by atoms with E-state index in [1.54, 1.807) is 6.92 Å². The number of carbonyl (C=O) groups is 3. The number of carboxylic acid groups (broad SMARTS) is 2. The molecule has 0 aromatic rings. The Kier molecular flexibility index (Phi) is 10.3. The maximum Gasteiger partial charge on any atom is 1.00 e. The summed E-state index contributed by atoms with van der Waals surface area (Å²) in [5, 5.41) is 22.1. The molecule has 0 aromatic heterocycles. The summed E-state index contributed by atoms with van der Waals surface area (Å²) >= 11 is 0. The minimum Gasteiger partial charge on any atom is -0.550 e. The van der Waals surface area contributed by atoms with Gasteiger partial charge in [0.05, 0.1) is 5.92 Å². The van der Waals surface area contributed by atoms with Crippen LogP contribution in [0, 0.1) is 11.8 Å². The van der Waals surface area contributed by atoms with E-state index in [9.17, 15) is 19.5 Å². The normalized spacial score (nSPS) is 14.8. The van der Waals surface area contributed by atoms with Crippen LogP contribution < -0.4 is 40.0 Å². The van der Waals surface area contributed by atoms with Crippen LogP contribution in [0.2, 0.25) is 0 Å². The summed E-state index contributed by atoms with van der Waals surface area (Å²) in [5.74, 6) is -4.76. The van der Waals surface area contributed by atoms with Crippen LogP contribution in [-0.2, 0) is 14.4 Å². The van der Waals surface area contributed by atoms with Gasteiger partial charge in [-0.15, -0.1) is 0 Å². The Labute approximate surface area is 128 Å². The molecule has 0 aliphatic rings. The second-order valence-corrected chi connectivity index (χ2v) is 4.23. The maximum atomic E-state index is 10.9. The zero-order valence-corrected chi connectivity index (χ0v) is 13.2. The zero-order chi connectivity index (χ0) is 13.6. The summed E-state index contributed by atoms with van der Waals surface area (Å²) < 4.78 is 0. The van der Waals surface area contributed by atoms with Gasteiger partial charge in [-0.25, -0.2) is 0 Å². The van der Waals surface area contributed by atoms with Gasteiger partial charge >= 0.3 is 35.5 Å². The molecule has 18 heavy (non-hydrogen) atoms. The molecule has 3 unspecified atom stereocenters. The molecule has 0 aliphatic heterocycles. The van der Waals surface area contributed by atoms with E-state index >= 15 is 0 Å². The van der Waals surface area contributed by atoms with Crippen molar-refractivity contribution < 1.29 is 54.2 Å². The van der Waals surface area contributed by atoms with Crippen molar-refractivity contribution in [1.82, 2.24) is 5.32 Å². The minimum absolute atomic E-state index is 0. The molecule has 0 aromatic carbocycles. The summed E-state index contributed by atoms with van der Waals surface area (Å²) in [5.41, 5.74) is 0. The second-order valence-electron chi connectivity index (χ2n) is 4.23. The fraction of sp³-hybridized carbons (Fsp3) is 0.727. The van der Waals surface area contributed by atoms with Crippen LogP contribution in [0.5, 0.6) is 0 Å². The molecule has 0 aliphatic carbocycles. The molecule has 0 heterocycles. The van der Waals surface area contributed by atoms with Gasteiger partial charge in [0.25, 0.3) is 0 Å². The number of carboxylic acids is 2. The Bertz CT molecular complexity index is 308. The fourth-order valence-corrected chi connectivity index (χ4v) is 1.60. The summed E-state index contributed by atoms with van der Waals surface area (Å²) in [7, 11) is 0. The number of carbonyl (C=O) groups excluding carboxylic acids is 2. The predicted octanol–water partition coefficient (Wildman–Crippen LogP) is -3.62. The third kappa shape index (κ3) is 7.68. The Balaban J connectivity index is 0. The second kappa shape index (κ2) is 9.35. The zero-order valence-electron chi connectivity index (χ0n) is 11.2. The van der Waals surface area contributed by atoms with Crippen LogP contribution >= 0.6 is 0 Å². The SMILES string of the molecule is CC(=O)NC(C)CCC(C(=O)O)C(C)C(=O)[O-].[Na+]. The van der Waals surface area contributed by atoms with Crippen molar-refractivity contribution in [3.05, 3.63) is 0 Å². The molecule has 0 spiro atoms. The number of nitrogens with one attached hydrogen (secondary N) is 1. The van der Waals surface area contributed by atoms with E-state index in [-0.39, 0.29) is 47.9 Å². The van der Waals surface area contributed by atoms with Gasteiger partial charge in [-0.3, -0.25) is 9.59 Å². The van der Waals surface area contributed by atoms with Crippen LogP contribution in [0.25, 0.3) is 0 Å². The maximum absolute atomic E-state index is 10.9. The first-order chi connectivity index (χ1) is 7.75. The molecule has 98 valence electrons. The summed E-state index contributed by atoms with van der Waals surface area (Å²) in [6.07, 6.45) is 0.597. The van der Waals surface area contributed by atoms with Crippen molar-refractivity contribution in [2.24, 2.45) is 11.8 Å². The molecule has 0 radical (unpaired) electrons. The van der Waals surface area contributed by atoms with Gasteiger partial charge in [0.1, 0.15) is 0 Å². The average Bonchev–Trinajstić information content (AvgIpc) is 2.15. The molecule has 0 fully saturated rings. The number of hydrogen-bond acceptors (Lipinski definition) is 4. The Morgan fingerprint density at radius 2 is 1.72 bits per heavy atom. The molecule has 0 saturated heterocycles. The first-order valence-corrected chi connectivity index (χ1v) is 5.46. The molecular weight excluding hydrogens is 249 g/mol. The third-order valence-corrected chi connectivity index (χ3v) is 2.65. The molecule has 6 nitrogen and oxygen atoms in total. The van der Waals surface area contributed by atoms with Gasteiger partial charge in [0, 0.05) is 24.9 Å². The molecular formula is C11H18NNaO5. The van der Waals surface area contributed by atoms with E-state index in [0.29, 0.717) is 6.42 Å². The number of rotatable bonds is 7. The molecule has 0 bridgehead atoms. The average molecular weight is 267 g/mol. The first-order valence-electron chi connectivity index (χ1n) is 5.46. The number of hydrogen-bond donors (Lipinski definition) is 2. The topological polar surface area (TPSA) is 107 Å². The van der Waals surface area contributed by atoms with Crippen LogP contribution in [0.4, 0.5) is 0 Å². The van der Waals surface area contributed by atoms with Gasteiger partial charge in [0.15, 0.2) is 0 Å². The third-order valence-electron chi connectivity index (χ3n) is 2.65. The molecule has 1 amide bonds. The fourth-order valence-electron chi connectivity index (χ4n) is 1.60. The van der Waals surface area contributed by atoms with Crippen LogP contribution in [-0.4, -0.2) is 29.0 Å². The molecule has 3 atom stereocenters. The Hall–Kier alpha value is -0.590. The molecule has 0 rings (SSSR count). The Morgan fingerprint density at radius 3 is 2.06 bits per heavy atom. The minimum atomic E-state index is -1.37.